The van der Waals surface area contributed by atoms with Crippen LogP contribution < -0.4 is 10.6 Å². The molecule has 0 saturated carbocycles. The van der Waals surface area contributed by atoms with Crippen LogP contribution in [0.25, 0.3) is 10.2 Å². The van der Waals surface area contributed by atoms with Crippen molar-refractivity contribution in [3.05, 3.63) is 29.3 Å². The zero-order valence-corrected chi connectivity index (χ0v) is 15.3. The van der Waals surface area contributed by atoms with E-state index in [4.69, 9.17) is 0 Å². The summed E-state index contributed by atoms with van der Waals surface area (Å²) in [5.41, 5.74) is 1.04. The molecule has 1 saturated heterocycles. The van der Waals surface area contributed by atoms with E-state index in [1.807, 2.05) is 25.1 Å². The first-order chi connectivity index (χ1) is 9.72. The fourth-order valence-electron chi connectivity index (χ4n) is 2.23. The van der Waals surface area contributed by atoms with Crippen LogP contribution >= 0.6 is 47.9 Å². The van der Waals surface area contributed by atoms with Crippen LogP contribution in [0.4, 0.5) is 0 Å². The van der Waals surface area contributed by atoms with Gasteiger partial charge < -0.3 is 5.32 Å². The normalized spacial score (nSPS) is 18.3. The Bertz CT molecular complexity index is 584. The standard InChI is InChI=1S/C14H17N3OS2.2ClH/c1-9(16-14(18)11-7-19-8-15-11)6-13-17-10-4-2-3-5-12(10)20-13;;/h2-5,9,11,15H,6-8H2,1H3,(H,16,18);2*1H. The summed E-state index contributed by atoms with van der Waals surface area (Å²) in [6.07, 6.45) is 0.783. The lowest BCUT2D eigenvalue weighted by atomic mass is 10.2. The number of para-hydroxylation sites is 1. The molecule has 1 aromatic carbocycles. The summed E-state index contributed by atoms with van der Waals surface area (Å²) in [7, 11) is 0. The highest BCUT2D eigenvalue weighted by molar-refractivity contribution is 7.99. The van der Waals surface area contributed by atoms with Gasteiger partial charge in [-0.15, -0.1) is 47.9 Å². The minimum absolute atomic E-state index is 0. The number of nitrogens with one attached hydrogen (secondary N) is 2. The van der Waals surface area contributed by atoms with Gasteiger partial charge in [-0.05, 0) is 19.1 Å². The molecule has 0 radical (unpaired) electrons. The van der Waals surface area contributed by atoms with E-state index in [1.165, 1.54) is 4.70 Å². The van der Waals surface area contributed by atoms with Crippen molar-refractivity contribution < 1.29 is 4.79 Å². The lowest BCUT2D eigenvalue weighted by Gasteiger charge is -2.15. The van der Waals surface area contributed by atoms with Crippen LogP contribution in [0.3, 0.4) is 0 Å². The van der Waals surface area contributed by atoms with Crippen LogP contribution in [0.15, 0.2) is 24.3 Å². The van der Waals surface area contributed by atoms with E-state index >= 15 is 0 Å². The number of nitrogens with zero attached hydrogens (tertiary/aromatic N) is 1. The van der Waals surface area contributed by atoms with Gasteiger partial charge in [0.1, 0.15) is 0 Å². The molecule has 1 fully saturated rings. The van der Waals surface area contributed by atoms with Gasteiger partial charge >= 0.3 is 0 Å². The molecule has 22 heavy (non-hydrogen) atoms. The van der Waals surface area contributed by atoms with Gasteiger partial charge in [-0.2, -0.15) is 0 Å². The summed E-state index contributed by atoms with van der Waals surface area (Å²) in [5.74, 6) is 1.83. The number of carbonyl (C=O) groups excluding carboxylic acids is 1. The minimum Gasteiger partial charge on any atom is -0.352 e. The van der Waals surface area contributed by atoms with E-state index in [-0.39, 0.29) is 42.8 Å². The highest BCUT2D eigenvalue weighted by atomic mass is 35.5. The molecule has 1 amide bonds. The highest BCUT2D eigenvalue weighted by Crippen LogP contribution is 2.22. The van der Waals surface area contributed by atoms with Crippen molar-refractivity contribution in [2.45, 2.75) is 25.4 Å². The van der Waals surface area contributed by atoms with Gasteiger partial charge in [0, 0.05) is 24.1 Å². The first-order valence-corrected chi connectivity index (χ1v) is 8.65. The Balaban J connectivity index is 0.00000121. The lowest BCUT2D eigenvalue weighted by molar-refractivity contribution is -0.123. The zero-order chi connectivity index (χ0) is 13.9. The van der Waals surface area contributed by atoms with Gasteiger partial charge in [0.2, 0.25) is 5.91 Å². The van der Waals surface area contributed by atoms with Crippen LogP contribution in [0.2, 0.25) is 0 Å². The summed E-state index contributed by atoms with van der Waals surface area (Å²) in [4.78, 5) is 16.6. The van der Waals surface area contributed by atoms with E-state index in [0.717, 1.165) is 28.6 Å². The number of thiazole rings is 1. The second-order valence-electron chi connectivity index (χ2n) is 4.96. The fourth-order valence-corrected chi connectivity index (χ4v) is 4.27. The molecule has 1 aliphatic rings. The Kier molecular flexibility index (Phi) is 7.93. The van der Waals surface area contributed by atoms with E-state index in [2.05, 4.69) is 21.7 Å². The molecule has 4 nitrogen and oxygen atoms in total. The Labute approximate surface area is 150 Å². The van der Waals surface area contributed by atoms with Crippen LogP contribution in [-0.4, -0.2) is 34.6 Å². The second kappa shape index (κ2) is 8.93. The summed E-state index contributed by atoms with van der Waals surface area (Å²) in [6.45, 7) is 2.03. The molecule has 8 heteroatoms. The summed E-state index contributed by atoms with van der Waals surface area (Å²) < 4.78 is 1.20. The van der Waals surface area contributed by atoms with Crippen molar-refractivity contribution in [2.24, 2.45) is 0 Å². The van der Waals surface area contributed by atoms with Crippen LogP contribution in [0.5, 0.6) is 0 Å². The third-order valence-corrected chi connectivity index (χ3v) is 5.24. The largest absolute Gasteiger partial charge is 0.352 e. The average Bonchev–Trinajstić information content (AvgIpc) is 3.07. The Morgan fingerprint density at radius 2 is 2.23 bits per heavy atom. The molecule has 2 N–H and O–H groups in total. The molecule has 122 valence electrons. The lowest BCUT2D eigenvalue weighted by Crippen LogP contribution is -2.46. The fraction of sp³-hybridized carbons (Fsp3) is 0.429. The third kappa shape index (κ3) is 4.73. The number of hydrogen-bond donors (Lipinski definition) is 2. The molecule has 0 aliphatic carbocycles. The third-order valence-electron chi connectivity index (χ3n) is 3.24. The second-order valence-corrected chi connectivity index (χ2v) is 7.11. The van der Waals surface area contributed by atoms with Gasteiger partial charge in [0.15, 0.2) is 0 Å². The molecule has 1 aromatic heterocycles. The highest BCUT2D eigenvalue weighted by Gasteiger charge is 2.23. The van der Waals surface area contributed by atoms with Gasteiger partial charge in [-0.25, -0.2) is 4.98 Å². The number of aromatic nitrogens is 1. The van der Waals surface area contributed by atoms with Crippen LogP contribution in [0.1, 0.15) is 11.9 Å². The molecule has 0 spiro atoms. The molecule has 2 unspecified atom stereocenters. The van der Waals surface area contributed by atoms with E-state index in [1.54, 1.807) is 23.1 Å². The molecular weight excluding hydrogens is 361 g/mol. The van der Waals surface area contributed by atoms with Gasteiger partial charge in [0.25, 0.3) is 0 Å². The van der Waals surface area contributed by atoms with E-state index < -0.39 is 0 Å². The topological polar surface area (TPSA) is 54.0 Å². The number of amides is 1. The van der Waals surface area contributed by atoms with Crippen molar-refractivity contribution in [1.82, 2.24) is 15.6 Å². The van der Waals surface area contributed by atoms with Gasteiger partial charge in [-0.3, -0.25) is 10.1 Å². The van der Waals surface area contributed by atoms with Crippen molar-refractivity contribution in [2.75, 3.05) is 11.6 Å². The molecule has 2 aromatic rings. The molecular formula is C14H19Cl2N3OS2. The van der Waals surface area contributed by atoms with E-state index in [9.17, 15) is 4.79 Å². The number of benzene rings is 1. The van der Waals surface area contributed by atoms with E-state index in [0.29, 0.717) is 0 Å². The van der Waals surface area contributed by atoms with Crippen molar-refractivity contribution >= 4 is 64.0 Å². The number of thioether (sulfide) groups is 1. The summed E-state index contributed by atoms with van der Waals surface area (Å²) in [5, 5.41) is 7.33. The Morgan fingerprint density at radius 1 is 1.45 bits per heavy atom. The quantitative estimate of drug-likeness (QED) is 0.857. The van der Waals surface area contributed by atoms with Crippen molar-refractivity contribution in [3.63, 3.8) is 0 Å². The predicted molar refractivity (Wildman–Crippen MR) is 99.7 cm³/mol. The number of fused-ring (bicyclic) bond motifs is 1. The maximum atomic E-state index is 12.0. The zero-order valence-electron chi connectivity index (χ0n) is 12.1. The van der Waals surface area contributed by atoms with Crippen LogP contribution in [0, 0.1) is 0 Å². The predicted octanol–water partition coefficient (Wildman–Crippen LogP) is 2.85. The number of halogens is 2. The van der Waals surface area contributed by atoms with Gasteiger partial charge in [0.05, 0.1) is 21.3 Å². The summed E-state index contributed by atoms with van der Waals surface area (Å²) >= 11 is 3.47. The minimum atomic E-state index is -0.0437. The van der Waals surface area contributed by atoms with Crippen molar-refractivity contribution in [1.29, 1.82) is 0 Å². The maximum absolute atomic E-state index is 12.0. The summed E-state index contributed by atoms with van der Waals surface area (Å²) in [6, 6.07) is 8.20. The van der Waals surface area contributed by atoms with Gasteiger partial charge in [-0.1, -0.05) is 12.1 Å². The SMILES string of the molecule is CC(Cc1nc2ccccc2s1)NC(=O)C1CSCN1.Cl.Cl. The molecule has 2 atom stereocenters. The number of hydrogen-bond acceptors (Lipinski definition) is 5. The maximum Gasteiger partial charge on any atom is 0.238 e. The smallest absolute Gasteiger partial charge is 0.238 e. The molecule has 1 aliphatic heterocycles. The molecule has 2 heterocycles. The Hall–Kier alpha value is -0.530. The number of carbonyl (C=O) groups is 1. The molecule has 0 bridgehead atoms. The average molecular weight is 380 g/mol. The first-order valence-electron chi connectivity index (χ1n) is 6.68. The molecule has 3 rings (SSSR count). The van der Waals surface area contributed by atoms with Crippen LogP contribution in [-0.2, 0) is 11.2 Å². The monoisotopic (exact) mass is 379 g/mol. The first kappa shape index (κ1) is 19.5. The number of rotatable bonds is 4. The Morgan fingerprint density at radius 3 is 2.91 bits per heavy atom. The van der Waals surface area contributed by atoms with Crippen molar-refractivity contribution in [3.8, 4) is 0 Å².